The summed E-state index contributed by atoms with van der Waals surface area (Å²) < 4.78 is 5.68. The van der Waals surface area contributed by atoms with Gasteiger partial charge in [0, 0.05) is 21.4 Å². The third-order valence-electron chi connectivity index (χ3n) is 5.01. The Labute approximate surface area is 168 Å². The van der Waals surface area contributed by atoms with E-state index < -0.39 is 11.8 Å². The number of pyridine rings is 1. The standard InChI is InChI=1S/C22H22N2O3S/c1-22(2)24(21(25)26)16(14-27-22)13-15-7-9-17(10-8-15)28-20-11-12-23-19-6-4-3-5-18(19)20/h3-12,16H,13-14H2,1-2H3,(H,25,26)/t16-/m0/s1. The van der Waals surface area contributed by atoms with E-state index in [4.69, 9.17) is 4.74 Å². The molecule has 0 radical (unpaired) electrons. The van der Waals surface area contributed by atoms with Crippen molar-refractivity contribution in [1.82, 2.24) is 9.88 Å². The smallest absolute Gasteiger partial charge is 0.409 e. The lowest BCUT2D eigenvalue weighted by molar-refractivity contribution is -0.0419. The van der Waals surface area contributed by atoms with E-state index in [-0.39, 0.29) is 6.04 Å². The molecule has 1 aliphatic heterocycles. The van der Waals surface area contributed by atoms with E-state index in [0.29, 0.717) is 13.0 Å². The minimum absolute atomic E-state index is 0.171. The minimum Gasteiger partial charge on any atom is -0.465 e. The normalized spacial score (nSPS) is 18.5. The van der Waals surface area contributed by atoms with Crippen molar-refractivity contribution in [1.29, 1.82) is 0 Å². The average molecular weight is 394 g/mol. The van der Waals surface area contributed by atoms with Gasteiger partial charge in [-0.25, -0.2) is 4.79 Å². The number of carboxylic acid groups (broad SMARTS) is 1. The second-order valence-corrected chi connectivity index (χ2v) is 8.46. The van der Waals surface area contributed by atoms with Gasteiger partial charge in [-0.15, -0.1) is 0 Å². The molecule has 1 fully saturated rings. The first-order chi connectivity index (χ1) is 13.4. The van der Waals surface area contributed by atoms with Gasteiger partial charge >= 0.3 is 6.09 Å². The first-order valence-corrected chi connectivity index (χ1v) is 10.0. The molecule has 0 spiro atoms. The summed E-state index contributed by atoms with van der Waals surface area (Å²) >= 11 is 1.70. The molecule has 1 atom stereocenters. The van der Waals surface area contributed by atoms with Gasteiger partial charge < -0.3 is 9.84 Å². The molecule has 5 nitrogen and oxygen atoms in total. The van der Waals surface area contributed by atoms with Gasteiger partial charge in [0.2, 0.25) is 0 Å². The lowest BCUT2D eigenvalue weighted by atomic mass is 10.1. The van der Waals surface area contributed by atoms with Crippen LogP contribution in [-0.2, 0) is 11.2 Å². The minimum atomic E-state index is -0.941. The summed E-state index contributed by atoms with van der Waals surface area (Å²) in [5, 5.41) is 10.7. The van der Waals surface area contributed by atoms with Gasteiger partial charge in [0.05, 0.1) is 18.2 Å². The fourth-order valence-corrected chi connectivity index (χ4v) is 4.61. The van der Waals surface area contributed by atoms with Crippen LogP contribution in [0.2, 0.25) is 0 Å². The molecule has 2 aromatic carbocycles. The van der Waals surface area contributed by atoms with Crippen molar-refractivity contribution in [2.75, 3.05) is 6.61 Å². The van der Waals surface area contributed by atoms with E-state index in [1.165, 1.54) is 9.80 Å². The Kier molecular flexibility index (Phi) is 5.00. The van der Waals surface area contributed by atoms with E-state index in [1.807, 2.05) is 30.5 Å². The molecule has 0 bridgehead atoms. The fraction of sp³-hybridized carbons (Fsp3) is 0.273. The molecule has 1 amide bonds. The molecule has 0 aliphatic carbocycles. The van der Waals surface area contributed by atoms with Gasteiger partial charge in [-0.1, -0.05) is 42.1 Å². The van der Waals surface area contributed by atoms with Crippen molar-refractivity contribution in [3.63, 3.8) is 0 Å². The molecule has 3 aromatic rings. The number of hydrogen-bond donors (Lipinski definition) is 1. The van der Waals surface area contributed by atoms with Crippen molar-refractivity contribution >= 4 is 28.8 Å². The van der Waals surface area contributed by atoms with Crippen LogP contribution in [0.3, 0.4) is 0 Å². The Morgan fingerprint density at radius 1 is 1.21 bits per heavy atom. The third kappa shape index (κ3) is 3.70. The summed E-state index contributed by atoms with van der Waals surface area (Å²) in [6.45, 7) is 4.00. The highest BCUT2D eigenvalue weighted by atomic mass is 32.2. The van der Waals surface area contributed by atoms with Crippen LogP contribution < -0.4 is 0 Å². The van der Waals surface area contributed by atoms with Crippen molar-refractivity contribution in [3.8, 4) is 0 Å². The van der Waals surface area contributed by atoms with E-state index >= 15 is 0 Å². The second-order valence-electron chi connectivity index (χ2n) is 7.34. The molecule has 0 saturated carbocycles. The number of nitrogens with zero attached hydrogens (tertiary/aromatic N) is 2. The molecule has 1 aromatic heterocycles. The van der Waals surface area contributed by atoms with Crippen LogP contribution in [0.25, 0.3) is 10.9 Å². The predicted molar refractivity (Wildman–Crippen MR) is 110 cm³/mol. The quantitative estimate of drug-likeness (QED) is 0.671. The SMILES string of the molecule is CC1(C)OC[C@H](Cc2ccc(Sc3ccnc4ccccc34)cc2)N1C(=O)O. The van der Waals surface area contributed by atoms with Gasteiger partial charge in [-0.2, -0.15) is 0 Å². The second kappa shape index (κ2) is 7.45. The third-order valence-corrected chi connectivity index (χ3v) is 6.10. The first kappa shape index (κ1) is 18.8. The molecule has 6 heteroatoms. The lowest BCUT2D eigenvalue weighted by Gasteiger charge is -2.31. The predicted octanol–water partition coefficient (Wildman–Crippen LogP) is 5.04. The maximum absolute atomic E-state index is 11.6. The molecule has 1 saturated heterocycles. The number of aromatic nitrogens is 1. The van der Waals surface area contributed by atoms with Gasteiger partial charge in [-0.3, -0.25) is 9.88 Å². The number of carbonyl (C=O) groups is 1. The first-order valence-electron chi connectivity index (χ1n) is 9.21. The van der Waals surface area contributed by atoms with E-state index in [0.717, 1.165) is 21.4 Å². The summed E-state index contributed by atoms with van der Waals surface area (Å²) in [5.74, 6) is 0. The Bertz CT molecular complexity index is 999. The number of amides is 1. The van der Waals surface area contributed by atoms with E-state index in [2.05, 4.69) is 35.3 Å². The van der Waals surface area contributed by atoms with E-state index in [9.17, 15) is 9.90 Å². The van der Waals surface area contributed by atoms with Gasteiger partial charge in [0.1, 0.15) is 5.72 Å². The van der Waals surface area contributed by atoms with Crippen LogP contribution in [0.5, 0.6) is 0 Å². The summed E-state index contributed by atoms with van der Waals surface area (Å²) in [6.07, 6.45) is 1.53. The van der Waals surface area contributed by atoms with Gasteiger partial charge in [0.15, 0.2) is 0 Å². The van der Waals surface area contributed by atoms with Crippen molar-refractivity contribution < 1.29 is 14.6 Å². The molecule has 0 unspecified atom stereocenters. The Morgan fingerprint density at radius 2 is 1.96 bits per heavy atom. The Morgan fingerprint density at radius 3 is 2.71 bits per heavy atom. The monoisotopic (exact) mass is 394 g/mol. The van der Waals surface area contributed by atoms with Crippen LogP contribution in [-0.4, -0.2) is 39.5 Å². The van der Waals surface area contributed by atoms with Crippen molar-refractivity contribution in [3.05, 3.63) is 66.4 Å². The van der Waals surface area contributed by atoms with Crippen molar-refractivity contribution in [2.45, 2.75) is 41.8 Å². The summed E-state index contributed by atoms with van der Waals surface area (Å²) in [5.41, 5.74) is 1.30. The maximum Gasteiger partial charge on any atom is 0.409 e. The number of rotatable bonds is 4. The number of hydrogen-bond acceptors (Lipinski definition) is 4. The van der Waals surface area contributed by atoms with Crippen LogP contribution in [0.15, 0.2) is 70.6 Å². The highest BCUT2D eigenvalue weighted by Crippen LogP contribution is 2.33. The van der Waals surface area contributed by atoms with Crippen LogP contribution >= 0.6 is 11.8 Å². The molecule has 4 rings (SSSR count). The number of fused-ring (bicyclic) bond motifs is 1. The van der Waals surface area contributed by atoms with E-state index in [1.54, 1.807) is 25.6 Å². The summed E-state index contributed by atoms with van der Waals surface area (Å²) in [6, 6.07) is 18.3. The molecule has 28 heavy (non-hydrogen) atoms. The summed E-state index contributed by atoms with van der Waals surface area (Å²) in [4.78, 5) is 19.8. The molecular weight excluding hydrogens is 372 g/mol. The highest BCUT2D eigenvalue weighted by molar-refractivity contribution is 7.99. The molecule has 2 heterocycles. The number of benzene rings is 2. The zero-order chi connectivity index (χ0) is 19.7. The molecular formula is C22H22N2O3S. The lowest BCUT2D eigenvalue weighted by Crippen LogP contribution is -2.47. The highest BCUT2D eigenvalue weighted by Gasteiger charge is 2.43. The van der Waals surface area contributed by atoms with Crippen molar-refractivity contribution in [2.24, 2.45) is 0 Å². The Hall–Kier alpha value is -2.57. The largest absolute Gasteiger partial charge is 0.465 e. The molecule has 144 valence electrons. The van der Waals surface area contributed by atoms with Crippen LogP contribution in [0, 0.1) is 0 Å². The topological polar surface area (TPSA) is 62.7 Å². The zero-order valence-corrected chi connectivity index (χ0v) is 16.6. The van der Waals surface area contributed by atoms with Crippen LogP contribution in [0.4, 0.5) is 4.79 Å². The fourth-order valence-electron chi connectivity index (χ4n) is 3.67. The molecule has 1 aliphatic rings. The van der Waals surface area contributed by atoms with Gasteiger partial charge in [0.25, 0.3) is 0 Å². The molecule has 1 N–H and O–H groups in total. The number of ether oxygens (including phenoxy) is 1. The van der Waals surface area contributed by atoms with Gasteiger partial charge in [-0.05, 0) is 50.1 Å². The number of para-hydroxylation sites is 1. The summed E-state index contributed by atoms with van der Waals surface area (Å²) in [7, 11) is 0. The Balaban J connectivity index is 1.49. The average Bonchev–Trinajstić information content (AvgIpc) is 2.98. The zero-order valence-electron chi connectivity index (χ0n) is 15.8. The maximum atomic E-state index is 11.6. The van der Waals surface area contributed by atoms with Crippen LogP contribution in [0.1, 0.15) is 19.4 Å².